The van der Waals surface area contributed by atoms with Gasteiger partial charge in [0.2, 0.25) is 5.91 Å². The molecule has 21 heavy (non-hydrogen) atoms. The molecule has 3 N–H and O–H groups in total. The summed E-state index contributed by atoms with van der Waals surface area (Å²) >= 11 is 0. The van der Waals surface area contributed by atoms with Crippen LogP contribution < -0.4 is 15.4 Å². The van der Waals surface area contributed by atoms with Crippen molar-refractivity contribution in [3.63, 3.8) is 0 Å². The number of rotatable bonds is 8. The Hall–Kier alpha value is -2.08. The average molecular weight is 294 g/mol. The number of para-hydroxylation sites is 1. The van der Waals surface area contributed by atoms with Gasteiger partial charge < -0.3 is 15.2 Å². The van der Waals surface area contributed by atoms with Crippen LogP contribution >= 0.6 is 0 Å². The highest BCUT2D eigenvalue weighted by Gasteiger charge is 2.21. The first-order chi connectivity index (χ1) is 9.95. The molecule has 0 aromatic heterocycles. The standard InChI is InChI=1S/C15H22N2O4/c1-10(2)14(15(19)20)17-9-13(18)16-8-11-6-4-5-7-12(11)21-3/h4-7,10,14,17H,8-9H2,1-3H3,(H,16,18)(H,19,20). The number of carbonyl (C=O) groups is 2. The first-order valence-electron chi connectivity index (χ1n) is 6.80. The van der Waals surface area contributed by atoms with E-state index in [1.54, 1.807) is 21.0 Å². The van der Waals surface area contributed by atoms with Crippen molar-refractivity contribution >= 4 is 11.9 Å². The minimum Gasteiger partial charge on any atom is -0.496 e. The van der Waals surface area contributed by atoms with Crippen LogP contribution in [0.5, 0.6) is 5.75 Å². The number of hydrogen-bond acceptors (Lipinski definition) is 4. The second-order valence-electron chi connectivity index (χ2n) is 5.03. The van der Waals surface area contributed by atoms with E-state index in [9.17, 15) is 9.59 Å². The van der Waals surface area contributed by atoms with Crippen LogP contribution in [0.1, 0.15) is 19.4 Å². The topological polar surface area (TPSA) is 87.7 Å². The van der Waals surface area contributed by atoms with Gasteiger partial charge in [0, 0.05) is 12.1 Å². The lowest BCUT2D eigenvalue weighted by Gasteiger charge is -2.17. The maximum atomic E-state index is 11.8. The van der Waals surface area contributed by atoms with Crippen LogP contribution in [0, 0.1) is 5.92 Å². The predicted molar refractivity (Wildman–Crippen MR) is 79.1 cm³/mol. The minimum absolute atomic E-state index is 0.0374. The molecule has 1 atom stereocenters. The average Bonchev–Trinajstić information content (AvgIpc) is 2.44. The van der Waals surface area contributed by atoms with Crippen molar-refractivity contribution in [2.45, 2.75) is 26.4 Å². The Morgan fingerprint density at radius 3 is 2.52 bits per heavy atom. The summed E-state index contributed by atoms with van der Waals surface area (Å²) in [7, 11) is 1.57. The van der Waals surface area contributed by atoms with Gasteiger partial charge in [0.25, 0.3) is 0 Å². The maximum Gasteiger partial charge on any atom is 0.320 e. The summed E-state index contributed by atoms with van der Waals surface area (Å²) in [5.74, 6) is -0.601. The van der Waals surface area contributed by atoms with E-state index < -0.39 is 12.0 Å². The fraction of sp³-hybridized carbons (Fsp3) is 0.467. The summed E-state index contributed by atoms with van der Waals surface area (Å²) < 4.78 is 5.19. The third kappa shape index (κ3) is 5.43. The third-order valence-corrected chi connectivity index (χ3v) is 3.08. The van der Waals surface area contributed by atoms with E-state index in [0.29, 0.717) is 12.3 Å². The second kappa shape index (κ2) is 8.26. The first kappa shape index (κ1) is 17.0. The summed E-state index contributed by atoms with van der Waals surface area (Å²) in [5, 5.41) is 14.5. The molecular weight excluding hydrogens is 272 g/mol. The monoisotopic (exact) mass is 294 g/mol. The zero-order valence-electron chi connectivity index (χ0n) is 12.6. The van der Waals surface area contributed by atoms with E-state index in [4.69, 9.17) is 9.84 Å². The lowest BCUT2D eigenvalue weighted by Crippen LogP contribution is -2.45. The summed E-state index contributed by atoms with van der Waals surface area (Å²) in [6.45, 7) is 3.88. The molecule has 0 radical (unpaired) electrons. The van der Waals surface area contributed by atoms with Crippen LogP contribution in [-0.4, -0.2) is 36.7 Å². The number of nitrogens with one attached hydrogen (secondary N) is 2. The molecule has 0 saturated heterocycles. The number of benzene rings is 1. The van der Waals surface area contributed by atoms with Crippen molar-refractivity contribution < 1.29 is 19.4 Å². The van der Waals surface area contributed by atoms with Crippen LogP contribution in [0.4, 0.5) is 0 Å². The molecule has 0 bridgehead atoms. The number of methoxy groups -OCH3 is 1. The second-order valence-corrected chi connectivity index (χ2v) is 5.03. The molecule has 0 aliphatic rings. The SMILES string of the molecule is COc1ccccc1CNC(=O)CNC(C(=O)O)C(C)C. The summed E-state index contributed by atoms with van der Waals surface area (Å²) in [6, 6.07) is 6.66. The van der Waals surface area contributed by atoms with E-state index in [1.165, 1.54) is 0 Å². The van der Waals surface area contributed by atoms with Gasteiger partial charge in [0.05, 0.1) is 13.7 Å². The molecule has 116 valence electrons. The van der Waals surface area contributed by atoms with Gasteiger partial charge in [0.15, 0.2) is 0 Å². The summed E-state index contributed by atoms with van der Waals surface area (Å²) in [6.07, 6.45) is 0. The van der Waals surface area contributed by atoms with Crippen LogP contribution in [0.2, 0.25) is 0 Å². The molecule has 0 spiro atoms. The molecule has 6 nitrogen and oxygen atoms in total. The molecule has 1 aromatic rings. The van der Waals surface area contributed by atoms with Crippen molar-refractivity contribution in [3.05, 3.63) is 29.8 Å². The third-order valence-electron chi connectivity index (χ3n) is 3.08. The largest absolute Gasteiger partial charge is 0.496 e. The van der Waals surface area contributed by atoms with Gasteiger partial charge in [-0.25, -0.2) is 0 Å². The Kier molecular flexibility index (Phi) is 6.68. The molecule has 1 amide bonds. The van der Waals surface area contributed by atoms with Crippen LogP contribution in [0.25, 0.3) is 0 Å². The van der Waals surface area contributed by atoms with Crippen LogP contribution in [0.15, 0.2) is 24.3 Å². The van der Waals surface area contributed by atoms with Crippen LogP contribution in [-0.2, 0) is 16.1 Å². The van der Waals surface area contributed by atoms with Crippen molar-refractivity contribution in [1.82, 2.24) is 10.6 Å². The Labute approximate surface area is 124 Å². The maximum absolute atomic E-state index is 11.8. The molecule has 0 aliphatic heterocycles. The summed E-state index contributed by atoms with van der Waals surface area (Å²) in [4.78, 5) is 22.8. The quantitative estimate of drug-likeness (QED) is 0.666. The number of aliphatic carboxylic acids is 1. The van der Waals surface area contributed by atoms with Crippen molar-refractivity contribution in [2.24, 2.45) is 5.92 Å². The summed E-state index contributed by atoms with van der Waals surface area (Å²) in [5.41, 5.74) is 0.868. The smallest absolute Gasteiger partial charge is 0.320 e. The van der Waals surface area contributed by atoms with Gasteiger partial charge in [-0.1, -0.05) is 32.0 Å². The molecule has 1 aromatic carbocycles. The zero-order valence-corrected chi connectivity index (χ0v) is 12.6. The minimum atomic E-state index is -0.956. The van der Waals surface area contributed by atoms with E-state index in [-0.39, 0.29) is 18.4 Å². The van der Waals surface area contributed by atoms with Gasteiger partial charge in [0.1, 0.15) is 11.8 Å². The highest BCUT2D eigenvalue weighted by atomic mass is 16.5. The van der Waals surface area contributed by atoms with Crippen molar-refractivity contribution in [3.8, 4) is 5.75 Å². The molecular formula is C15H22N2O4. The zero-order chi connectivity index (χ0) is 15.8. The molecule has 6 heteroatoms. The first-order valence-corrected chi connectivity index (χ1v) is 6.80. The van der Waals surface area contributed by atoms with Crippen molar-refractivity contribution in [2.75, 3.05) is 13.7 Å². The number of carbonyl (C=O) groups excluding carboxylic acids is 1. The van der Waals surface area contributed by atoms with Crippen molar-refractivity contribution in [1.29, 1.82) is 0 Å². The Balaban J connectivity index is 2.46. The molecule has 0 saturated carbocycles. The van der Waals surface area contributed by atoms with Gasteiger partial charge in [-0.05, 0) is 12.0 Å². The number of hydrogen-bond donors (Lipinski definition) is 3. The molecule has 1 unspecified atom stereocenters. The fourth-order valence-corrected chi connectivity index (χ4v) is 1.92. The lowest BCUT2D eigenvalue weighted by molar-refractivity contribution is -0.140. The lowest BCUT2D eigenvalue weighted by atomic mass is 10.1. The Bertz CT molecular complexity index is 488. The molecule has 0 aliphatic carbocycles. The normalized spacial score (nSPS) is 12.0. The number of amides is 1. The van der Waals surface area contributed by atoms with E-state index in [2.05, 4.69) is 10.6 Å². The van der Waals surface area contributed by atoms with E-state index >= 15 is 0 Å². The van der Waals surface area contributed by atoms with E-state index in [0.717, 1.165) is 5.56 Å². The number of carboxylic acids is 1. The van der Waals surface area contributed by atoms with Gasteiger partial charge in [-0.3, -0.25) is 14.9 Å². The number of carboxylic acid groups (broad SMARTS) is 1. The molecule has 0 heterocycles. The molecule has 1 rings (SSSR count). The highest BCUT2D eigenvalue weighted by molar-refractivity contribution is 5.80. The fourth-order valence-electron chi connectivity index (χ4n) is 1.92. The predicted octanol–water partition coefficient (Wildman–Crippen LogP) is 1.01. The molecule has 0 fully saturated rings. The van der Waals surface area contributed by atoms with E-state index in [1.807, 2.05) is 24.3 Å². The van der Waals surface area contributed by atoms with Gasteiger partial charge in [-0.15, -0.1) is 0 Å². The van der Waals surface area contributed by atoms with Crippen LogP contribution in [0.3, 0.4) is 0 Å². The van der Waals surface area contributed by atoms with Gasteiger partial charge in [-0.2, -0.15) is 0 Å². The van der Waals surface area contributed by atoms with Gasteiger partial charge >= 0.3 is 5.97 Å². The highest BCUT2D eigenvalue weighted by Crippen LogP contribution is 2.16. The number of ether oxygens (including phenoxy) is 1. The Morgan fingerprint density at radius 2 is 1.95 bits per heavy atom. The Morgan fingerprint density at radius 1 is 1.29 bits per heavy atom.